The van der Waals surface area contributed by atoms with Crippen molar-refractivity contribution in [2.75, 3.05) is 5.32 Å². The summed E-state index contributed by atoms with van der Waals surface area (Å²) in [6.07, 6.45) is -2.47. The van der Waals surface area contributed by atoms with Crippen LogP contribution < -0.4 is 5.32 Å². The fourth-order valence-electron chi connectivity index (χ4n) is 2.59. The Labute approximate surface area is 153 Å². The quantitative estimate of drug-likeness (QED) is 0.652. The summed E-state index contributed by atoms with van der Waals surface area (Å²) in [6.45, 7) is 0. The highest BCUT2D eigenvalue weighted by molar-refractivity contribution is 5.88. The maximum Gasteiger partial charge on any atom is 0.416 e. The number of aromatic nitrogens is 1. The first-order valence-corrected chi connectivity index (χ1v) is 8.03. The zero-order chi connectivity index (χ0) is 19.4. The van der Waals surface area contributed by atoms with Gasteiger partial charge in [-0.15, -0.1) is 0 Å². The lowest BCUT2D eigenvalue weighted by Gasteiger charge is -2.10. The van der Waals surface area contributed by atoms with Gasteiger partial charge in [-0.1, -0.05) is 18.2 Å². The molecule has 0 aliphatic carbocycles. The molecule has 7 heteroatoms. The molecule has 0 saturated carbocycles. The summed E-state index contributed by atoms with van der Waals surface area (Å²) in [4.78, 5) is 15.1. The highest BCUT2D eigenvalue weighted by Crippen LogP contribution is 2.30. The molecule has 0 amide bonds. The third-order valence-electron chi connectivity index (χ3n) is 3.89. The number of nitrogens with one attached hydrogen (secondary N) is 1. The molecule has 2 N–H and O–H groups in total. The Kier molecular flexibility index (Phi) is 5.12. The monoisotopic (exact) mass is 372 g/mol. The van der Waals surface area contributed by atoms with Crippen molar-refractivity contribution in [1.29, 1.82) is 0 Å². The number of anilines is 2. The standard InChI is InChI=1S/C20H15F3N2O2/c21-20(22,23)16-3-1-2-13(11-16)10-14-8-9-24-18(12-14)25-17-6-4-15(5-7-17)19(26)27/h1-9,11-12H,10H2,(H,24,25)(H,26,27). The number of alkyl halides is 3. The van der Waals surface area contributed by atoms with Crippen LogP contribution in [0.1, 0.15) is 27.0 Å². The molecule has 0 atom stereocenters. The van der Waals surface area contributed by atoms with Crippen molar-refractivity contribution in [2.45, 2.75) is 12.6 Å². The van der Waals surface area contributed by atoms with E-state index < -0.39 is 17.7 Å². The van der Waals surface area contributed by atoms with Gasteiger partial charge < -0.3 is 10.4 Å². The van der Waals surface area contributed by atoms with Crippen LogP contribution in [0.15, 0.2) is 66.9 Å². The minimum absolute atomic E-state index is 0.173. The van der Waals surface area contributed by atoms with Crippen molar-refractivity contribution in [3.05, 3.63) is 89.1 Å². The van der Waals surface area contributed by atoms with Crippen molar-refractivity contribution in [2.24, 2.45) is 0 Å². The van der Waals surface area contributed by atoms with E-state index in [0.29, 0.717) is 23.5 Å². The van der Waals surface area contributed by atoms with Gasteiger partial charge in [-0.2, -0.15) is 13.2 Å². The summed E-state index contributed by atoms with van der Waals surface area (Å²) in [5, 5.41) is 12.0. The summed E-state index contributed by atoms with van der Waals surface area (Å²) >= 11 is 0. The second-order valence-electron chi connectivity index (χ2n) is 5.93. The molecule has 2 aromatic carbocycles. The molecule has 0 spiro atoms. The van der Waals surface area contributed by atoms with Crippen molar-refractivity contribution in [3.8, 4) is 0 Å². The average molecular weight is 372 g/mol. The molecule has 3 aromatic rings. The van der Waals surface area contributed by atoms with Gasteiger partial charge in [0.15, 0.2) is 0 Å². The minimum Gasteiger partial charge on any atom is -0.478 e. The average Bonchev–Trinajstić information content (AvgIpc) is 2.62. The highest BCUT2D eigenvalue weighted by Gasteiger charge is 2.30. The molecule has 27 heavy (non-hydrogen) atoms. The van der Waals surface area contributed by atoms with Crippen molar-refractivity contribution in [3.63, 3.8) is 0 Å². The number of rotatable bonds is 5. The third-order valence-corrected chi connectivity index (χ3v) is 3.89. The van der Waals surface area contributed by atoms with Gasteiger partial charge in [0, 0.05) is 11.9 Å². The first-order chi connectivity index (χ1) is 12.8. The van der Waals surface area contributed by atoms with Crippen LogP contribution >= 0.6 is 0 Å². The van der Waals surface area contributed by atoms with Gasteiger partial charge in [-0.3, -0.25) is 0 Å². The third kappa shape index (κ3) is 4.84. The van der Waals surface area contributed by atoms with E-state index in [-0.39, 0.29) is 5.56 Å². The SMILES string of the molecule is O=C(O)c1ccc(Nc2cc(Cc3cccc(C(F)(F)F)c3)ccn2)cc1. The van der Waals surface area contributed by atoms with Crippen LogP contribution in [0.5, 0.6) is 0 Å². The molecular formula is C20H15F3N2O2. The topological polar surface area (TPSA) is 62.2 Å². The van der Waals surface area contributed by atoms with E-state index in [1.165, 1.54) is 18.2 Å². The lowest BCUT2D eigenvalue weighted by atomic mass is 10.0. The normalized spacial score (nSPS) is 11.2. The number of hydrogen-bond donors (Lipinski definition) is 2. The van der Waals surface area contributed by atoms with Crippen molar-refractivity contribution in [1.82, 2.24) is 4.98 Å². The zero-order valence-corrected chi connectivity index (χ0v) is 14.0. The molecule has 1 heterocycles. The lowest BCUT2D eigenvalue weighted by molar-refractivity contribution is -0.137. The van der Waals surface area contributed by atoms with Crippen LogP contribution in [-0.4, -0.2) is 16.1 Å². The van der Waals surface area contributed by atoms with E-state index in [1.807, 2.05) is 0 Å². The van der Waals surface area contributed by atoms with E-state index in [9.17, 15) is 18.0 Å². The summed E-state index contributed by atoms with van der Waals surface area (Å²) in [5.74, 6) is -0.495. The molecule has 0 unspecified atom stereocenters. The molecule has 0 fully saturated rings. The molecule has 138 valence electrons. The van der Waals surface area contributed by atoms with Gasteiger partial charge in [0.25, 0.3) is 0 Å². The van der Waals surface area contributed by atoms with E-state index in [0.717, 1.165) is 17.7 Å². The van der Waals surface area contributed by atoms with Crippen LogP contribution in [0.4, 0.5) is 24.7 Å². The maximum absolute atomic E-state index is 12.8. The smallest absolute Gasteiger partial charge is 0.416 e. The largest absolute Gasteiger partial charge is 0.478 e. The predicted molar refractivity (Wildman–Crippen MR) is 95.2 cm³/mol. The molecule has 0 bridgehead atoms. The van der Waals surface area contributed by atoms with Crippen LogP contribution in [0.25, 0.3) is 0 Å². The number of carboxylic acid groups (broad SMARTS) is 1. The van der Waals surface area contributed by atoms with Gasteiger partial charge in [-0.25, -0.2) is 9.78 Å². The molecule has 1 aromatic heterocycles. The second kappa shape index (κ2) is 7.49. The molecule has 3 rings (SSSR count). The Morgan fingerprint density at radius 1 is 1.00 bits per heavy atom. The summed E-state index contributed by atoms with van der Waals surface area (Å²) in [5.41, 5.74) is 1.50. The van der Waals surface area contributed by atoms with E-state index in [1.54, 1.807) is 36.5 Å². The summed E-state index contributed by atoms with van der Waals surface area (Å²) in [6, 6.07) is 14.9. The Morgan fingerprint density at radius 2 is 1.70 bits per heavy atom. The fraction of sp³-hybridized carbons (Fsp3) is 0.100. The van der Waals surface area contributed by atoms with E-state index >= 15 is 0 Å². The second-order valence-corrected chi connectivity index (χ2v) is 5.93. The molecule has 0 aliphatic heterocycles. The van der Waals surface area contributed by atoms with Crippen molar-refractivity contribution >= 4 is 17.5 Å². The Morgan fingerprint density at radius 3 is 2.37 bits per heavy atom. The van der Waals surface area contributed by atoms with Crippen LogP contribution in [0.2, 0.25) is 0 Å². The number of nitrogens with zero attached hydrogens (tertiary/aromatic N) is 1. The van der Waals surface area contributed by atoms with Gasteiger partial charge in [-0.05, 0) is 60.0 Å². The summed E-state index contributed by atoms with van der Waals surface area (Å²) < 4.78 is 38.5. The van der Waals surface area contributed by atoms with Gasteiger partial charge in [0.2, 0.25) is 0 Å². The first kappa shape index (κ1) is 18.4. The number of carboxylic acids is 1. The van der Waals surface area contributed by atoms with E-state index in [2.05, 4.69) is 10.3 Å². The molecular weight excluding hydrogens is 357 g/mol. The van der Waals surface area contributed by atoms with Crippen LogP contribution in [0.3, 0.4) is 0 Å². The zero-order valence-electron chi connectivity index (χ0n) is 14.0. The molecule has 0 aliphatic rings. The Hall–Kier alpha value is -3.35. The Balaban J connectivity index is 1.75. The van der Waals surface area contributed by atoms with Gasteiger partial charge in [0.1, 0.15) is 5.82 Å². The number of hydrogen-bond acceptors (Lipinski definition) is 3. The predicted octanol–water partition coefficient (Wildman–Crippen LogP) is 5.13. The number of benzene rings is 2. The van der Waals surface area contributed by atoms with E-state index in [4.69, 9.17) is 5.11 Å². The van der Waals surface area contributed by atoms with Crippen LogP contribution in [-0.2, 0) is 12.6 Å². The number of carbonyl (C=O) groups is 1. The number of halogens is 3. The number of pyridine rings is 1. The summed E-state index contributed by atoms with van der Waals surface area (Å²) in [7, 11) is 0. The highest BCUT2D eigenvalue weighted by atomic mass is 19.4. The van der Waals surface area contributed by atoms with Crippen molar-refractivity contribution < 1.29 is 23.1 Å². The first-order valence-electron chi connectivity index (χ1n) is 8.03. The maximum atomic E-state index is 12.8. The lowest BCUT2D eigenvalue weighted by Crippen LogP contribution is -2.05. The van der Waals surface area contributed by atoms with Gasteiger partial charge >= 0.3 is 12.1 Å². The number of aromatic carboxylic acids is 1. The molecule has 0 saturated heterocycles. The molecule has 4 nitrogen and oxygen atoms in total. The molecule has 0 radical (unpaired) electrons. The fourth-order valence-corrected chi connectivity index (χ4v) is 2.59. The van der Waals surface area contributed by atoms with Gasteiger partial charge in [0.05, 0.1) is 11.1 Å². The minimum atomic E-state index is -4.37. The van der Waals surface area contributed by atoms with Crippen LogP contribution in [0, 0.1) is 0 Å². The Bertz CT molecular complexity index is 954.